The summed E-state index contributed by atoms with van der Waals surface area (Å²) < 4.78 is 42.3. The first kappa shape index (κ1) is 17.4. The van der Waals surface area contributed by atoms with E-state index in [1.165, 1.54) is 23.9 Å². The minimum atomic E-state index is -4.68. The third kappa shape index (κ3) is 4.75. The second kappa shape index (κ2) is 7.08. The first-order chi connectivity index (χ1) is 10.8. The summed E-state index contributed by atoms with van der Waals surface area (Å²) in [5, 5.41) is 8.90. The van der Waals surface area contributed by atoms with Crippen molar-refractivity contribution in [2.75, 3.05) is 0 Å². The van der Waals surface area contributed by atoms with Gasteiger partial charge in [0, 0.05) is 11.8 Å². The van der Waals surface area contributed by atoms with Gasteiger partial charge in [-0.15, -0.1) is 29.9 Å². The molecule has 0 saturated carbocycles. The van der Waals surface area contributed by atoms with Crippen molar-refractivity contribution >= 4 is 11.8 Å². The van der Waals surface area contributed by atoms with E-state index in [4.69, 9.17) is 0 Å². The maximum absolute atomic E-state index is 12.2. The number of hydrogen-bond donors (Lipinski definition) is 0. The molecule has 0 amide bonds. The molecule has 0 saturated heterocycles. The molecule has 0 aliphatic heterocycles. The molecule has 0 radical (unpaired) electrons. The molecule has 1 heterocycles. The molecule has 2 aromatic rings. The fraction of sp³-hybridized carbons (Fsp3) is 0.333. The van der Waals surface area contributed by atoms with Gasteiger partial charge in [-0.1, -0.05) is 30.0 Å². The summed E-state index contributed by atoms with van der Waals surface area (Å²) >= 11 is 1.48. The van der Waals surface area contributed by atoms with Crippen molar-refractivity contribution in [1.29, 1.82) is 0 Å². The van der Waals surface area contributed by atoms with Crippen molar-refractivity contribution in [2.24, 2.45) is 0 Å². The number of rotatable bonds is 6. The van der Waals surface area contributed by atoms with Gasteiger partial charge in [0.05, 0.1) is 0 Å². The highest BCUT2D eigenvalue weighted by Gasteiger charge is 2.31. The van der Waals surface area contributed by atoms with E-state index in [9.17, 15) is 13.2 Å². The van der Waals surface area contributed by atoms with Crippen LogP contribution in [0.3, 0.4) is 0 Å². The monoisotopic (exact) mass is 343 g/mol. The van der Waals surface area contributed by atoms with Crippen molar-refractivity contribution in [3.05, 3.63) is 48.3 Å². The Hall–Kier alpha value is -1.96. The molecule has 8 heteroatoms. The highest BCUT2D eigenvalue weighted by atomic mass is 32.2. The molecule has 23 heavy (non-hydrogen) atoms. The predicted octanol–water partition coefficient (Wildman–Crippen LogP) is 4.52. The highest BCUT2D eigenvalue weighted by molar-refractivity contribution is 7.99. The quantitative estimate of drug-likeness (QED) is 0.571. The smallest absolute Gasteiger partial charge is 0.406 e. The normalized spacial score (nSPS) is 12.9. The van der Waals surface area contributed by atoms with Crippen LogP contribution in [0, 0.1) is 6.92 Å². The van der Waals surface area contributed by atoms with Gasteiger partial charge in [-0.3, -0.25) is 0 Å². The lowest BCUT2D eigenvalue weighted by atomic mass is 10.2. The van der Waals surface area contributed by atoms with E-state index in [2.05, 4.69) is 21.5 Å². The average molecular weight is 343 g/mol. The number of ether oxygens (including phenoxy) is 1. The van der Waals surface area contributed by atoms with Gasteiger partial charge in [-0.2, -0.15) is 0 Å². The topological polar surface area (TPSA) is 39.9 Å². The van der Waals surface area contributed by atoms with Crippen LogP contribution < -0.4 is 4.74 Å². The lowest BCUT2D eigenvalue weighted by Crippen LogP contribution is -2.17. The van der Waals surface area contributed by atoms with Gasteiger partial charge in [0.1, 0.15) is 11.6 Å². The number of aryl methyl sites for hydroxylation is 1. The van der Waals surface area contributed by atoms with Crippen LogP contribution in [0.1, 0.15) is 23.6 Å². The molecule has 1 atom stereocenters. The predicted molar refractivity (Wildman–Crippen MR) is 82.4 cm³/mol. The molecule has 0 aliphatic carbocycles. The zero-order valence-electron chi connectivity index (χ0n) is 12.7. The van der Waals surface area contributed by atoms with Crippen molar-refractivity contribution in [1.82, 2.24) is 14.8 Å². The summed E-state index contributed by atoms with van der Waals surface area (Å²) in [5.74, 6) is 0.553. The number of halogens is 3. The number of benzene rings is 1. The summed E-state index contributed by atoms with van der Waals surface area (Å²) in [5.41, 5.74) is 0.871. The molecule has 124 valence electrons. The SMILES string of the molecule is C=CCn1c(C)nnc1SC(C)c1ccc(OC(F)(F)F)cc1. The summed E-state index contributed by atoms with van der Waals surface area (Å²) in [6.07, 6.45) is -2.92. The number of alkyl halides is 3. The lowest BCUT2D eigenvalue weighted by molar-refractivity contribution is -0.274. The van der Waals surface area contributed by atoms with Crippen LogP contribution in [0.4, 0.5) is 13.2 Å². The van der Waals surface area contributed by atoms with Crippen molar-refractivity contribution < 1.29 is 17.9 Å². The van der Waals surface area contributed by atoms with Gasteiger partial charge < -0.3 is 9.30 Å². The Kier molecular flexibility index (Phi) is 5.35. The zero-order valence-corrected chi connectivity index (χ0v) is 13.5. The van der Waals surface area contributed by atoms with E-state index in [-0.39, 0.29) is 11.0 Å². The van der Waals surface area contributed by atoms with E-state index in [0.717, 1.165) is 16.5 Å². The fourth-order valence-corrected chi connectivity index (χ4v) is 2.99. The zero-order chi connectivity index (χ0) is 17.0. The van der Waals surface area contributed by atoms with Crippen molar-refractivity contribution in [3.63, 3.8) is 0 Å². The Morgan fingerprint density at radius 2 is 1.96 bits per heavy atom. The Balaban J connectivity index is 2.09. The molecule has 1 unspecified atom stereocenters. The standard InChI is InChI=1S/C15H16F3N3OS/c1-4-9-21-11(3)19-20-14(21)23-10(2)12-5-7-13(8-6-12)22-15(16,17)18/h4-8,10H,1,9H2,2-3H3. The minimum Gasteiger partial charge on any atom is -0.406 e. The van der Waals surface area contributed by atoms with E-state index in [1.54, 1.807) is 18.2 Å². The van der Waals surface area contributed by atoms with Crippen LogP contribution in [-0.2, 0) is 6.54 Å². The largest absolute Gasteiger partial charge is 0.573 e. The molecule has 0 fully saturated rings. The Labute approximate surface area is 136 Å². The van der Waals surface area contributed by atoms with Gasteiger partial charge in [0.2, 0.25) is 0 Å². The van der Waals surface area contributed by atoms with Gasteiger partial charge in [-0.05, 0) is 31.5 Å². The second-order valence-corrected chi connectivity index (χ2v) is 6.11. The molecule has 1 aromatic heterocycles. The maximum Gasteiger partial charge on any atom is 0.573 e. The van der Waals surface area contributed by atoms with Crippen LogP contribution >= 0.6 is 11.8 Å². The van der Waals surface area contributed by atoms with Gasteiger partial charge in [-0.25, -0.2) is 0 Å². The molecular formula is C15H16F3N3OS. The fourth-order valence-electron chi connectivity index (χ4n) is 1.95. The number of nitrogens with zero attached hydrogens (tertiary/aromatic N) is 3. The van der Waals surface area contributed by atoms with Crippen LogP contribution in [-0.4, -0.2) is 21.1 Å². The van der Waals surface area contributed by atoms with Crippen LogP contribution in [0.15, 0.2) is 42.1 Å². The second-order valence-electron chi connectivity index (χ2n) is 4.81. The number of allylic oxidation sites excluding steroid dienone is 1. The van der Waals surface area contributed by atoms with Crippen molar-refractivity contribution in [2.45, 2.75) is 37.2 Å². The van der Waals surface area contributed by atoms with E-state index < -0.39 is 6.36 Å². The molecule has 2 rings (SSSR count). The first-order valence-corrected chi connectivity index (χ1v) is 7.71. The van der Waals surface area contributed by atoms with E-state index in [1.807, 2.05) is 18.4 Å². The molecule has 0 bridgehead atoms. The average Bonchev–Trinajstić information content (AvgIpc) is 2.80. The summed E-state index contributed by atoms with van der Waals surface area (Å²) in [4.78, 5) is 0. The molecule has 0 N–H and O–H groups in total. The van der Waals surface area contributed by atoms with Gasteiger partial charge in [0.25, 0.3) is 0 Å². The molecular weight excluding hydrogens is 327 g/mol. The minimum absolute atomic E-state index is 0.00195. The molecule has 0 spiro atoms. The first-order valence-electron chi connectivity index (χ1n) is 6.83. The Morgan fingerprint density at radius 3 is 2.52 bits per heavy atom. The van der Waals surface area contributed by atoms with Crippen LogP contribution in [0.25, 0.3) is 0 Å². The molecule has 0 aliphatic rings. The lowest BCUT2D eigenvalue weighted by Gasteiger charge is -2.13. The molecule has 4 nitrogen and oxygen atoms in total. The third-order valence-electron chi connectivity index (χ3n) is 3.08. The van der Waals surface area contributed by atoms with Gasteiger partial charge >= 0.3 is 6.36 Å². The number of hydrogen-bond acceptors (Lipinski definition) is 4. The van der Waals surface area contributed by atoms with Gasteiger partial charge in [0.15, 0.2) is 5.16 Å². The Morgan fingerprint density at radius 1 is 1.30 bits per heavy atom. The Bertz CT molecular complexity index is 668. The van der Waals surface area contributed by atoms with Crippen LogP contribution in [0.2, 0.25) is 0 Å². The summed E-state index contributed by atoms with van der Waals surface area (Å²) in [6, 6.07) is 5.83. The number of thioether (sulfide) groups is 1. The molecule has 1 aromatic carbocycles. The number of aromatic nitrogens is 3. The maximum atomic E-state index is 12.2. The van der Waals surface area contributed by atoms with Crippen LogP contribution in [0.5, 0.6) is 5.75 Å². The highest BCUT2D eigenvalue weighted by Crippen LogP contribution is 2.35. The summed E-state index contributed by atoms with van der Waals surface area (Å²) in [7, 11) is 0. The summed E-state index contributed by atoms with van der Waals surface area (Å²) in [6.45, 7) is 8.11. The van der Waals surface area contributed by atoms with Crippen molar-refractivity contribution in [3.8, 4) is 5.75 Å². The third-order valence-corrected chi connectivity index (χ3v) is 4.22. The van der Waals surface area contributed by atoms with E-state index in [0.29, 0.717) is 6.54 Å². The van der Waals surface area contributed by atoms with E-state index >= 15 is 0 Å².